The minimum absolute atomic E-state index is 0.623. The molecule has 4 nitrogen and oxygen atoms in total. The third kappa shape index (κ3) is 1.74. The Morgan fingerprint density at radius 1 is 1.40 bits per heavy atom. The Bertz CT molecular complexity index is 346. The Labute approximate surface area is 90.0 Å². The quantitative estimate of drug-likeness (QED) is 0.801. The molecule has 15 heavy (non-hydrogen) atoms. The van der Waals surface area contributed by atoms with Crippen molar-refractivity contribution in [3.8, 4) is 0 Å². The highest BCUT2D eigenvalue weighted by molar-refractivity contribution is 5.23. The summed E-state index contributed by atoms with van der Waals surface area (Å²) in [6.07, 6.45) is 6.26. The van der Waals surface area contributed by atoms with Crippen LogP contribution in [-0.2, 0) is 6.54 Å². The van der Waals surface area contributed by atoms with Gasteiger partial charge in [0.15, 0.2) is 0 Å². The maximum atomic E-state index is 5.58. The fraction of sp³-hybridized carbons (Fsp3) is 0.727. The molecule has 1 saturated heterocycles. The average Bonchev–Trinajstić information content (AvgIpc) is 2.90. The zero-order valence-electron chi connectivity index (χ0n) is 8.97. The van der Waals surface area contributed by atoms with Crippen molar-refractivity contribution < 1.29 is 0 Å². The van der Waals surface area contributed by atoms with E-state index in [0.717, 1.165) is 25.0 Å². The van der Waals surface area contributed by atoms with Crippen LogP contribution in [0.3, 0.4) is 0 Å². The molecule has 1 aromatic rings. The zero-order chi connectivity index (χ0) is 10.3. The van der Waals surface area contributed by atoms with Gasteiger partial charge in [-0.15, -0.1) is 0 Å². The molecular formula is C11H18N4. The zero-order valence-corrected chi connectivity index (χ0v) is 8.97. The summed E-state index contributed by atoms with van der Waals surface area (Å²) in [6, 6.07) is 2.72. The van der Waals surface area contributed by atoms with E-state index in [1.54, 1.807) is 0 Å². The van der Waals surface area contributed by atoms with Crippen molar-refractivity contribution >= 4 is 5.82 Å². The van der Waals surface area contributed by atoms with Crippen molar-refractivity contribution in [3.05, 3.63) is 12.3 Å². The fourth-order valence-corrected chi connectivity index (χ4v) is 3.03. The summed E-state index contributed by atoms with van der Waals surface area (Å²) in [4.78, 5) is 2.62. The lowest BCUT2D eigenvalue weighted by molar-refractivity contribution is 0.203. The van der Waals surface area contributed by atoms with Crippen molar-refractivity contribution in [2.75, 3.05) is 18.8 Å². The van der Waals surface area contributed by atoms with E-state index in [0.29, 0.717) is 5.82 Å². The summed E-state index contributed by atoms with van der Waals surface area (Å²) < 4.78 is 1.95. The molecule has 0 radical (unpaired) electrons. The number of fused-ring (bicyclic) bond motifs is 2. The number of rotatable bonds is 3. The van der Waals surface area contributed by atoms with Gasteiger partial charge in [-0.1, -0.05) is 0 Å². The van der Waals surface area contributed by atoms with Crippen molar-refractivity contribution in [1.29, 1.82) is 0 Å². The summed E-state index contributed by atoms with van der Waals surface area (Å²) in [5.74, 6) is 1.61. The van der Waals surface area contributed by atoms with Gasteiger partial charge < -0.3 is 5.73 Å². The average molecular weight is 206 g/mol. The molecule has 1 aliphatic heterocycles. The summed E-state index contributed by atoms with van der Waals surface area (Å²) in [6.45, 7) is 3.41. The molecule has 1 saturated carbocycles. The van der Waals surface area contributed by atoms with Crippen LogP contribution in [0, 0.1) is 5.92 Å². The van der Waals surface area contributed by atoms with Crippen LogP contribution in [0.4, 0.5) is 5.82 Å². The van der Waals surface area contributed by atoms with Crippen LogP contribution in [0.5, 0.6) is 0 Å². The Kier molecular flexibility index (Phi) is 2.16. The van der Waals surface area contributed by atoms with Crippen LogP contribution in [0.1, 0.15) is 19.3 Å². The first-order valence-electron chi connectivity index (χ1n) is 5.84. The Morgan fingerprint density at radius 2 is 2.33 bits per heavy atom. The topological polar surface area (TPSA) is 47.1 Å². The molecular weight excluding hydrogens is 188 g/mol. The number of piperidine rings is 1. The maximum Gasteiger partial charge on any atom is 0.145 e. The molecule has 2 N–H and O–H groups in total. The van der Waals surface area contributed by atoms with Gasteiger partial charge in [0.05, 0.1) is 6.54 Å². The molecule has 82 valence electrons. The third-order valence-corrected chi connectivity index (χ3v) is 3.80. The van der Waals surface area contributed by atoms with Crippen LogP contribution >= 0.6 is 0 Å². The molecule has 0 amide bonds. The van der Waals surface area contributed by atoms with Crippen LogP contribution in [0.2, 0.25) is 0 Å². The Hall–Kier alpha value is -1.03. The molecule has 3 rings (SSSR count). The summed E-state index contributed by atoms with van der Waals surface area (Å²) in [5.41, 5.74) is 5.58. The first-order chi connectivity index (χ1) is 7.31. The molecule has 2 bridgehead atoms. The number of nitrogen functional groups attached to an aromatic ring is 1. The lowest BCUT2D eigenvalue weighted by Crippen LogP contribution is -2.34. The minimum Gasteiger partial charge on any atom is -0.382 e. The second-order valence-corrected chi connectivity index (χ2v) is 4.83. The second kappa shape index (κ2) is 3.52. The van der Waals surface area contributed by atoms with Gasteiger partial charge in [0.25, 0.3) is 0 Å². The standard InChI is InChI=1S/C11H18N4/c12-11-3-4-15(13-11)6-5-14-8-9-1-2-10(14)7-9/h3-4,9-10H,1-2,5-8H2,(H2,12,13). The molecule has 4 heteroatoms. The van der Waals surface area contributed by atoms with Gasteiger partial charge in [0.2, 0.25) is 0 Å². The number of hydrogen-bond acceptors (Lipinski definition) is 3. The number of aromatic nitrogens is 2. The fourth-order valence-electron chi connectivity index (χ4n) is 3.03. The van der Waals surface area contributed by atoms with Crippen LogP contribution in [0.15, 0.2) is 12.3 Å². The van der Waals surface area contributed by atoms with E-state index in [2.05, 4.69) is 10.00 Å². The van der Waals surface area contributed by atoms with E-state index >= 15 is 0 Å². The highest BCUT2D eigenvalue weighted by Crippen LogP contribution is 2.36. The van der Waals surface area contributed by atoms with Crippen molar-refractivity contribution in [1.82, 2.24) is 14.7 Å². The van der Waals surface area contributed by atoms with Gasteiger partial charge in [-0.2, -0.15) is 5.10 Å². The lowest BCUT2D eigenvalue weighted by Gasteiger charge is -2.26. The number of likely N-dealkylation sites (tertiary alicyclic amines) is 1. The van der Waals surface area contributed by atoms with Gasteiger partial charge in [-0.3, -0.25) is 9.58 Å². The Morgan fingerprint density at radius 3 is 2.93 bits per heavy atom. The number of nitrogens with two attached hydrogens (primary N) is 1. The van der Waals surface area contributed by atoms with Gasteiger partial charge in [-0.25, -0.2) is 0 Å². The lowest BCUT2D eigenvalue weighted by atomic mass is 10.1. The first kappa shape index (κ1) is 9.21. The first-order valence-corrected chi connectivity index (χ1v) is 5.84. The summed E-state index contributed by atoms with van der Waals surface area (Å²) >= 11 is 0. The molecule has 2 unspecified atom stereocenters. The number of anilines is 1. The van der Waals surface area contributed by atoms with E-state index in [4.69, 9.17) is 5.73 Å². The normalized spacial score (nSPS) is 30.1. The molecule has 0 spiro atoms. The van der Waals surface area contributed by atoms with Gasteiger partial charge in [-0.05, 0) is 31.2 Å². The predicted molar refractivity (Wildman–Crippen MR) is 59.3 cm³/mol. The number of hydrogen-bond donors (Lipinski definition) is 1. The third-order valence-electron chi connectivity index (χ3n) is 3.80. The van der Waals surface area contributed by atoms with E-state index in [1.165, 1.54) is 25.8 Å². The van der Waals surface area contributed by atoms with E-state index < -0.39 is 0 Å². The molecule has 2 atom stereocenters. The largest absolute Gasteiger partial charge is 0.382 e. The van der Waals surface area contributed by atoms with Crippen molar-refractivity contribution in [2.24, 2.45) is 5.92 Å². The summed E-state index contributed by atoms with van der Waals surface area (Å²) in [5, 5.41) is 4.20. The smallest absolute Gasteiger partial charge is 0.145 e. The molecule has 1 aromatic heterocycles. The maximum absolute atomic E-state index is 5.58. The summed E-state index contributed by atoms with van der Waals surface area (Å²) in [7, 11) is 0. The van der Waals surface area contributed by atoms with E-state index in [-0.39, 0.29) is 0 Å². The van der Waals surface area contributed by atoms with E-state index in [9.17, 15) is 0 Å². The predicted octanol–water partition coefficient (Wildman–Crippen LogP) is 0.950. The van der Waals surface area contributed by atoms with Gasteiger partial charge in [0.1, 0.15) is 5.82 Å². The highest BCUT2D eigenvalue weighted by Gasteiger charge is 2.37. The van der Waals surface area contributed by atoms with Crippen molar-refractivity contribution in [3.63, 3.8) is 0 Å². The van der Waals surface area contributed by atoms with Crippen molar-refractivity contribution in [2.45, 2.75) is 31.8 Å². The minimum atomic E-state index is 0.623. The second-order valence-electron chi connectivity index (χ2n) is 4.83. The van der Waals surface area contributed by atoms with E-state index in [1.807, 2.05) is 16.9 Å². The monoisotopic (exact) mass is 206 g/mol. The molecule has 2 heterocycles. The van der Waals surface area contributed by atoms with Crippen LogP contribution < -0.4 is 5.73 Å². The number of nitrogens with zero attached hydrogens (tertiary/aromatic N) is 3. The highest BCUT2D eigenvalue weighted by atomic mass is 15.3. The molecule has 2 fully saturated rings. The van der Waals surface area contributed by atoms with Gasteiger partial charge >= 0.3 is 0 Å². The SMILES string of the molecule is Nc1ccn(CCN2CC3CCC2C3)n1. The molecule has 2 aliphatic rings. The van der Waals surface area contributed by atoms with Crippen LogP contribution in [-0.4, -0.2) is 33.8 Å². The van der Waals surface area contributed by atoms with Gasteiger partial charge in [0, 0.05) is 25.3 Å². The molecule has 1 aliphatic carbocycles. The molecule has 0 aromatic carbocycles. The Balaban J connectivity index is 1.54. The van der Waals surface area contributed by atoms with Crippen LogP contribution in [0.25, 0.3) is 0 Å².